The van der Waals surface area contributed by atoms with Crippen LogP contribution < -0.4 is 20.1 Å². The maximum atomic E-state index is 13.4. The number of benzene rings is 2. The van der Waals surface area contributed by atoms with Crippen LogP contribution in [0.15, 0.2) is 67.0 Å². The van der Waals surface area contributed by atoms with Gasteiger partial charge in [-0.2, -0.15) is 0 Å². The van der Waals surface area contributed by atoms with Gasteiger partial charge in [0.25, 0.3) is 0 Å². The lowest BCUT2D eigenvalue weighted by Gasteiger charge is -2.38. The maximum Gasteiger partial charge on any atom is 0.318 e. The number of carbonyl (C=O) groups is 2. The largest absolute Gasteiger partial charge is 0.493 e. The predicted molar refractivity (Wildman–Crippen MR) is 132 cm³/mol. The fourth-order valence-electron chi connectivity index (χ4n) is 4.34. The maximum absolute atomic E-state index is 13.4. The predicted octanol–water partition coefficient (Wildman–Crippen LogP) is 3.46. The number of urea groups is 1. The van der Waals surface area contributed by atoms with Crippen molar-refractivity contribution < 1.29 is 19.1 Å². The second kappa shape index (κ2) is 10.9. The van der Waals surface area contributed by atoms with Crippen LogP contribution in [0.3, 0.4) is 0 Å². The highest BCUT2D eigenvalue weighted by atomic mass is 16.5. The van der Waals surface area contributed by atoms with Crippen molar-refractivity contribution in [3.05, 3.63) is 89.2 Å². The number of hydrogen-bond donors (Lipinski definition) is 2. The van der Waals surface area contributed by atoms with Crippen LogP contribution in [0.1, 0.15) is 35.2 Å². The van der Waals surface area contributed by atoms with E-state index in [1.54, 1.807) is 38.4 Å². The Hall–Kier alpha value is -4.07. The van der Waals surface area contributed by atoms with Gasteiger partial charge in [-0.1, -0.05) is 30.3 Å². The molecule has 2 aromatic carbocycles. The summed E-state index contributed by atoms with van der Waals surface area (Å²) in [6, 6.07) is 16.1. The molecule has 1 aromatic heterocycles. The molecule has 0 bridgehead atoms. The molecule has 2 heterocycles. The average Bonchev–Trinajstić information content (AvgIpc) is 2.91. The van der Waals surface area contributed by atoms with Gasteiger partial charge in [-0.15, -0.1) is 0 Å². The first-order valence-corrected chi connectivity index (χ1v) is 11.5. The van der Waals surface area contributed by atoms with E-state index >= 15 is 0 Å². The number of rotatable bonds is 7. The van der Waals surface area contributed by atoms with Crippen LogP contribution in [0, 0.1) is 0 Å². The van der Waals surface area contributed by atoms with E-state index < -0.39 is 6.04 Å². The number of nitrogens with zero attached hydrogens (tertiary/aromatic N) is 2. The Kier molecular flexibility index (Phi) is 7.50. The molecule has 3 amide bonds. The van der Waals surface area contributed by atoms with Gasteiger partial charge in [0.15, 0.2) is 11.5 Å². The monoisotopic (exact) mass is 474 g/mol. The molecule has 0 fully saturated rings. The minimum atomic E-state index is -0.701. The summed E-state index contributed by atoms with van der Waals surface area (Å²) >= 11 is 0. The van der Waals surface area contributed by atoms with Crippen LogP contribution in [-0.4, -0.2) is 48.6 Å². The second-order valence-electron chi connectivity index (χ2n) is 8.41. The van der Waals surface area contributed by atoms with Crippen LogP contribution in [-0.2, 0) is 17.8 Å². The molecule has 8 heteroatoms. The molecular weight excluding hydrogens is 444 g/mol. The highest BCUT2D eigenvalue weighted by Crippen LogP contribution is 2.41. The number of fused-ring (bicyclic) bond motifs is 1. The highest BCUT2D eigenvalue weighted by Gasteiger charge is 2.34. The zero-order valence-electron chi connectivity index (χ0n) is 20.2. The number of amides is 3. The van der Waals surface area contributed by atoms with Gasteiger partial charge in [0.05, 0.1) is 20.3 Å². The molecule has 0 aliphatic carbocycles. The Morgan fingerprint density at radius 2 is 1.74 bits per heavy atom. The smallest absolute Gasteiger partial charge is 0.318 e. The van der Waals surface area contributed by atoms with Crippen LogP contribution in [0.2, 0.25) is 0 Å². The van der Waals surface area contributed by atoms with Crippen molar-refractivity contribution in [2.24, 2.45) is 0 Å². The molecule has 0 saturated heterocycles. The Morgan fingerprint density at radius 3 is 2.43 bits per heavy atom. The van der Waals surface area contributed by atoms with E-state index in [9.17, 15) is 9.59 Å². The molecule has 1 aliphatic rings. The molecule has 0 radical (unpaired) electrons. The molecule has 3 aromatic rings. The van der Waals surface area contributed by atoms with Crippen molar-refractivity contribution in [3.63, 3.8) is 0 Å². The van der Waals surface area contributed by atoms with Crippen LogP contribution >= 0.6 is 0 Å². The topological polar surface area (TPSA) is 92.8 Å². The van der Waals surface area contributed by atoms with Crippen molar-refractivity contribution in [2.75, 3.05) is 20.8 Å². The quantitative estimate of drug-likeness (QED) is 0.547. The molecule has 0 spiro atoms. The van der Waals surface area contributed by atoms with E-state index in [1.165, 1.54) is 0 Å². The van der Waals surface area contributed by atoms with Gasteiger partial charge in [-0.25, -0.2) is 4.79 Å². The van der Waals surface area contributed by atoms with Gasteiger partial charge in [0.2, 0.25) is 5.91 Å². The lowest BCUT2D eigenvalue weighted by Crippen LogP contribution is -2.52. The molecule has 0 saturated carbocycles. The van der Waals surface area contributed by atoms with E-state index in [0.29, 0.717) is 31.0 Å². The summed E-state index contributed by atoms with van der Waals surface area (Å²) in [5.74, 6) is 1.02. The van der Waals surface area contributed by atoms with Gasteiger partial charge in [0, 0.05) is 25.5 Å². The first kappa shape index (κ1) is 24.1. The van der Waals surface area contributed by atoms with E-state index in [1.807, 2.05) is 54.6 Å². The molecule has 182 valence electrons. The molecule has 1 aliphatic heterocycles. The summed E-state index contributed by atoms with van der Waals surface area (Å²) < 4.78 is 11.0. The third-order valence-electron chi connectivity index (χ3n) is 6.20. The van der Waals surface area contributed by atoms with Gasteiger partial charge < -0.3 is 25.0 Å². The number of carbonyl (C=O) groups excluding carboxylic acids is 2. The van der Waals surface area contributed by atoms with E-state index in [-0.39, 0.29) is 18.0 Å². The van der Waals surface area contributed by atoms with Gasteiger partial charge in [-0.3, -0.25) is 9.78 Å². The molecule has 1 unspecified atom stereocenters. The minimum absolute atomic E-state index is 0.254. The lowest BCUT2D eigenvalue weighted by atomic mass is 9.88. The van der Waals surface area contributed by atoms with Crippen molar-refractivity contribution >= 4 is 11.9 Å². The summed E-state index contributed by atoms with van der Waals surface area (Å²) in [7, 11) is 3.21. The fourth-order valence-corrected chi connectivity index (χ4v) is 4.34. The first-order chi connectivity index (χ1) is 17.0. The second-order valence-corrected chi connectivity index (χ2v) is 8.41. The number of pyridine rings is 1. The summed E-state index contributed by atoms with van der Waals surface area (Å²) in [5, 5.41) is 5.74. The van der Waals surface area contributed by atoms with Crippen molar-refractivity contribution in [1.82, 2.24) is 20.5 Å². The van der Waals surface area contributed by atoms with Gasteiger partial charge in [-0.05, 0) is 59.9 Å². The van der Waals surface area contributed by atoms with E-state index in [2.05, 4.69) is 15.6 Å². The molecule has 8 nitrogen and oxygen atoms in total. The van der Waals surface area contributed by atoms with Crippen LogP contribution in [0.4, 0.5) is 4.79 Å². The van der Waals surface area contributed by atoms with Crippen molar-refractivity contribution in [3.8, 4) is 11.5 Å². The minimum Gasteiger partial charge on any atom is -0.493 e. The van der Waals surface area contributed by atoms with Crippen LogP contribution in [0.25, 0.3) is 0 Å². The molecule has 2 atom stereocenters. The summed E-state index contributed by atoms with van der Waals surface area (Å²) in [5.41, 5.74) is 3.99. The lowest BCUT2D eigenvalue weighted by molar-refractivity contribution is -0.122. The highest BCUT2D eigenvalue weighted by molar-refractivity contribution is 5.87. The average molecular weight is 475 g/mol. The standard InChI is InChI=1S/C27H30N4O4/c1-18(26(32)29-17-19-9-12-28-13-10-19)30-27(33)31-14-11-21-15-23(34-2)24(35-3)16-22(21)25(31)20-7-5-4-6-8-20/h4-10,12-13,15-16,18,25H,11,14,17H2,1-3H3,(H,29,32)(H,30,33)/t18-,25?/m1/s1. The Bertz CT molecular complexity index is 1170. The van der Waals surface area contributed by atoms with E-state index in [4.69, 9.17) is 9.47 Å². The Morgan fingerprint density at radius 1 is 1.06 bits per heavy atom. The van der Waals surface area contributed by atoms with Gasteiger partial charge in [0.1, 0.15) is 6.04 Å². The third kappa shape index (κ3) is 5.37. The Labute approximate surface area is 205 Å². The first-order valence-electron chi connectivity index (χ1n) is 11.5. The number of ether oxygens (including phenoxy) is 2. The number of methoxy groups -OCH3 is 2. The van der Waals surface area contributed by atoms with Crippen molar-refractivity contribution in [2.45, 2.75) is 32.0 Å². The van der Waals surface area contributed by atoms with Gasteiger partial charge >= 0.3 is 6.03 Å². The number of nitrogens with one attached hydrogen (secondary N) is 2. The van der Waals surface area contributed by atoms with Crippen molar-refractivity contribution in [1.29, 1.82) is 0 Å². The zero-order valence-corrected chi connectivity index (χ0v) is 20.2. The van der Waals surface area contributed by atoms with Crippen LogP contribution in [0.5, 0.6) is 11.5 Å². The Balaban J connectivity index is 1.55. The number of aromatic nitrogens is 1. The summed E-state index contributed by atoms with van der Waals surface area (Å²) in [6.07, 6.45) is 4.01. The zero-order chi connectivity index (χ0) is 24.8. The molecule has 2 N–H and O–H groups in total. The van der Waals surface area contributed by atoms with E-state index in [0.717, 1.165) is 22.3 Å². The SMILES string of the molecule is COc1cc2c(cc1OC)C(c1ccccc1)N(C(=O)N[C@H](C)C(=O)NCc1ccncc1)CC2. The normalized spacial score (nSPS) is 15.5. The summed E-state index contributed by atoms with van der Waals surface area (Å²) in [4.78, 5) is 31.8. The number of hydrogen-bond acceptors (Lipinski definition) is 5. The molecule has 4 rings (SSSR count). The third-order valence-corrected chi connectivity index (χ3v) is 6.20. The fraction of sp³-hybridized carbons (Fsp3) is 0.296. The molecule has 35 heavy (non-hydrogen) atoms. The summed E-state index contributed by atoms with van der Waals surface area (Å²) in [6.45, 7) is 2.55. The molecular formula is C27H30N4O4.